The van der Waals surface area contributed by atoms with Crippen LogP contribution in [0.1, 0.15) is 0 Å². The van der Waals surface area contributed by atoms with Gasteiger partial charge in [-0.2, -0.15) is 0 Å². The molecular weight excluding hydrogens is 282 g/mol. The van der Waals surface area contributed by atoms with Crippen molar-refractivity contribution in [2.75, 3.05) is 32.8 Å². The maximum Gasteiger partial charge on any atom is 0.264 e. The van der Waals surface area contributed by atoms with Crippen LogP contribution in [0.5, 0.6) is 17.2 Å². The van der Waals surface area contributed by atoms with Crippen LogP contribution in [-0.4, -0.2) is 33.8 Å². The maximum absolute atomic E-state index is 12.3. The summed E-state index contributed by atoms with van der Waals surface area (Å²) < 4.78 is 16.1. The number of hydrogen-bond acceptors (Lipinski definition) is 4. The second-order valence-electron chi connectivity index (χ2n) is 4.57. The molecule has 0 heterocycles. The molecule has 0 aliphatic carbocycles. The summed E-state index contributed by atoms with van der Waals surface area (Å²) in [7, 11) is 4.77. The molecule has 2 aromatic rings. The highest BCUT2D eigenvalue weighted by molar-refractivity contribution is 5.95. The van der Waals surface area contributed by atoms with Gasteiger partial charge in [0.15, 0.2) is 18.1 Å². The van der Waals surface area contributed by atoms with E-state index in [4.69, 9.17) is 14.2 Å². The smallest absolute Gasteiger partial charge is 0.264 e. The molecule has 2 aromatic carbocycles. The lowest BCUT2D eigenvalue weighted by Gasteiger charge is -2.21. The Morgan fingerprint density at radius 3 is 2.36 bits per heavy atom. The molecule has 1 amide bonds. The standard InChI is InChI=1S/C17H19NO4/c1-18(14-10-7-11-15(20-2)17(14)21-3)16(19)12-22-13-8-5-4-6-9-13/h4-11H,12H2,1-3H3. The van der Waals surface area contributed by atoms with Gasteiger partial charge in [-0.15, -0.1) is 0 Å². The lowest BCUT2D eigenvalue weighted by molar-refractivity contribution is -0.120. The third-order valence-electron chi connectivity index (χ3n) is 3.22. The number of hydrogen-bond donors (Lipinski definition) is 0. The van der Waals surface area contributed by atoms with Gasteiger partial charge in [-0.3, -0.25) is 4.79 Å². The molecule has 2 rings (SSSR count). The van der Waals surface area contributed by atoms with Crippen molar-refractivity contribution in [1.82, 2.24) is 0 Å². The van der Waals surface area contributed by atoms with Gasteiger partial charge in [0, 0.05) is 7.05 Å². The third kappa shape index (κ3) is 3.49. The molecule has 0 atom stereocenters. The van der Waals surface area contributed by atoms with E-state index in [-0.39, 0.29) is 12.5 Å². The molecule has 0 bridgehead atoms. The molecule has 5 nitrogen and oxygen atoms in total. The first-order chi connectivity index (χ1) is 10.7. The number of ether oxygens (including phenoxy) is 3. The largest absolute Gasteiger partial charge is 0.493 e. The van der Waals surface area contributed by atoms with E-state index in [1.165, 1.54) is 4.90 Å². The molecule has 0 fully saturated rings. The number of nitrogens with zero attached hydrogens (tertiary/aromatic N) is 1. The van der Waals surface area contributed by atoms with Gasteiger partial charge < -0.3 is 19.1 Å². The van der Waals surface area contributed by atoms with Gasteiger partial charge in [0.05, 0.1) is 19.9 Å². The van der Waals surface area contributed by atoms with E-state index in [1.807, 2.05) is 18.2 Å². The summed E-state index contributed by atoms with van der Waals surface area (Å²) in [5.74, 6) is 1.56. The van der Waals surface area contributed by atoms with E-state index in [0.717, 1.165) is 0 Å². The summed E-state index contributed by atoms with van der Waals surface area (Å²) in [6, 6.07) is 14.6. The number of carbonyl (C=O) groups is 1. The molecular formula is C17H19NO4. The van der Waals surface area contributed by atoms with Crippen molar-refractivity contribution < 1.29 is 19.0 Å². The second kappa shape index (κ2) is 7.36. The molecule has 0 radical (unpaired) electrons. The highest BCUT2D eigenvalue weighted by Gasteiger charge is 2.18. The lowest BCUT2D eigenvalue weighted by Crippen LogP contribution is -2.31. The van der Waals surface area contributed by atoms with Crippen LogP contribution < -0.4 is 19.1 Å². The van der Waals surface area contributed by atoms with Gasteiger partial charge in [0.2, 0.25) is 0 Å². The first-order valence-electron chi connectivity index (χ1n) is 6.82. The van der Waals surface area contributed by atoms with E-state index in [0.29, 0.717) is 22.9 Å². The molecule has 0 aromatic heterocycles. The minimum Gasteiger partial charge on any atom is -0.493 e. The Morgan fingerprint density at radius 1 is 1.00 bits per heavy atom. The lowest BCUT2D eigenvalue weighted by atomic mass is 10.2. The number of carbonyl (C=O) groups excluding carboxylic acids is 1. The summed E-state index contributed by atoms with van der Waals surface area (Å²) in [6.07, 6.45) is 0. The zero-order valence-electron chi connectivity index (χ0n) is 12.9. The first kappa shape index (κ1) is 15.7. The number of para-hydroxylation sites is 2. The summed E-state index contributed by atoms with van der Waals surface area (Å²) >= 11 is 0. The van der Waals surface area contributed by atoms with Crippen LogP contribution in [0.4, 0.5) is 5.69 Å². The number of methoxy groups -OCH3 is 2. The van der Waals surface area contributed by atoms with Crippen LogP contribution in [0.15, 0.2) is 48.5 Å². The van der Waals surface area contributed by atoms with Gasteiger partial charge in [-0.25, -0.2) is 0 Å². The Hall–Kier alpha value is -2.69. The van der Waals surface area contributed by atoms with E-state index >= 15 is 0 Å². The summed E-state index contributed by atoms with van der Waals surface area (Å²) in [4.78, 5) is 13.8. The molecule has 0 N–H and O–H groups in total. The van der Waals surface area contributed by atoms with Gasteiger partial charge in [-0.05, 0) is 24.3 Å². The number of benzene rings is 2. The molecule has 0 saturated heterocycles. The molecule has 0 spiro atoms. The normalized spacial score (nSPS) is 9.95. The Balaban J connectivity index is 2.10. The monoisotopic (exact) mass is 301 g/mol. The number of rotatable bonds is 6. The fourth-order valence-electron chi connectivity index (χ4n) is 2.03. The molecule has 0 aliphatic rings. The highest BCUT2D eigenvalue weighted by atomic mass is 16.5. The zero-order valence-corrected chi connectivity index (χ0v) is 12.9. The van der Waals surface area contributed by atoms with Crippen LogP contribution in [0.2, 0.25) is 0 Å². The van der Waals surface area contributed by atoms with Gasteiger partial charge in [0.1, 0.15) is 5.75 Å². The van der Waals surface area contributed by atoms with Crippen LogP contribution in [0.25, 0.3) is 0 Å². The van der Waals surface area contributed by atoms with E-state index in [2.05, 4.69) is 0 Å². The Kier molecular flexibility index (Phi) is 5.25. The van der Waals surface area contributed by atoms with Crippen molar-refractivity contribution in [3.63, 3.8) is 0 Å². The molecule has 0 saturated carbocycles. The maximum atomic E-state index is 12.3. The summed E-state index contributed by atoms with van der Waals surface area (Å²) in [5, 5.41) is 0. The van der Waals surface area contributed by atoms with Gasteiger partial charge in [-0.1, -0.05) is 24.3 Å². The average molecular weight is 301 g/mol. The third-order valence-corrected chi connectivity index (χ3v) is 3.22. The van der Waals surface area contributed by atoms with Crippen molar-refractivity contribution in [2.45, 2.75) is 0 Å². The minimum absolute atomic E-state index is 0.0547. The number of anilines is 1. The molecule has 116 valence electrons. The summed E-state index contributed by atoms with van der Waals surface area (Å²) in [6.45, 7) is -0.0547. The predicted octanol–water partition coefficient (Wildman–Crippen LogP) is 2.75. The molecule has 0 unspecified atom stereocenters. The minimum atomic E-state index is -0.185. The van der Waals surface area contributed by atoms with Gasteiger partial charge in [0.25, 0.3) is 5.91 Å². The Labute approximate surface area is 130 Å². The van der Waals surface area contributed by atoms with Crippen molar-refractivity contribution >= 4 is 11.6 Å². The highest BCUT2D eigenvalue weighted by Crippen LogP contribution is 2.36. The van der Waals surface area contributed by atoms with Crippen molar-refractivity contribution in [1.29, 1.82) is 0 Å². The fraction of sp³-hybridized carbons (Fsp3) is 0.235. The second-order valence-corrected chi connectivity index (χ2v) is 4.57. The first-order valence-corrected chi connectivity index (χ1v) is 6.82. The predicted molar refractivity (Wildman–Crippen MR) is 84.9 cm³/mol. The zero-order chi connectivity index (χ0) is 15.9. The van der Waals surface area contributed by atoms with E-state index in [1.54, 1.807) is 51.6 Å². The summed E-state index contributed by atoms with van der Waals surface area (Å²) in [5.41, 5.74) is 0.628. The molecule has 22 heavy (non-hydrogen) atoms. The average Bonchev–Trinajstić information content (AvgIpc) is 2.59. The van der Waals surface area contributed by atoms with Crippen LogP contribution >= 0.6 is 0 Å². The van der Waals surface area contributed by atoms with E-state index < -0.39 is 0 Å². The number of likely N-dealkylation sites (N-methyl/N-ethyl adjacent to an activating group) is 1. The van der Waals surface area contributed by atoms with Crippen LogP contribution in [0, 0.1) is 0 Å². The number of amides is 1. The Morgan fingerprint density at radius 2 is 1.73 bits per heavy atom. The fourth-order valence-corrected chi connectivity index (χ4v) is 2.03. The quantitative estimate of drug-likeness (QED) is 0.823. The van der Waals surface area contributed by atoms with Crippen molar-refractivity contribution in [3.8, 4) is 17.2 Å². The van der Waals surface area contributed by atoms with E-state index in [9.17, 15) is 4.79 Å². The van der Waals surface area contributed by atoms with Crippen molar-refractivity contribution in [3.05, 3.63) is 48.5 Å². The van der Waals surface area contributed by atoms with Crippen LogP contribution in [-0.2, 0) is 4.79 Å². The molecule has 0 aliphatic heterocycles. The molecule has 5 heteroatoms. The van der Waals surface area contributed by atoms with Crippen LogP contribution in [0.3, 0.4) is 0 Å². The Bertz CT molecular complexity index is 628. The SMILES string of the molecule is COc1cccc(N(C)C(=O)COc2ccccc2)c1OC. The van der Waals surface area contributed by atoms with Gasteiger partial charge >= 0.3 is 0 Å². The topological polar surface area (TPSA) is 48.0 Å². The van der Waals surface area contributed by atoms with Crippen molar-refractivity contribution in [2.24, 2.45) is 0 Å².